The van der Waals surface area contributed by atoms with Crippen LogP contribution in [0.1, 0.15) is 0 Å². The first-order chi connectivity index (χ1) is 12.9. The molecule has 1 unspecified atom stereocenters. The smallest absolute Gasteiger partial charge is 0.285 e. The molecule has 1 saturated heterocycles. The van der Waals surface area contributed by atoms with Crippen LogP contribution in [0.3, 0.4) is 0 Å². The molecule has 0 saturated carbocycles. The number of carbonyl (C=O) groups excluding carboxylic acids is 1. The van der Waals surface area contributed by atoms with Crippen molar-refractivity contribution < 1.29 is 13.2 Å². The van der Waals surface area contributed by atoms with Gasteiger partial charge in [-0.25, -0.2) is 0 Å². The van der Waals surface area contributed by atoms with E-state index in [1.165, 1.54) is 12.1 Å². The Hall–Kier alpha value is -2.84. The normalized spacial score (nSPS) is 19.1. The standard InChI is InChI=1S/C19H17N3O3S2/c1-3-8-14(4-2)20-18-17(23)21-19(26-18)22-27(24,25)16-12-7-10-13-9-5-6-11-15(13)16/h3-12,18,20H,1-2H2,(H,21,22,23)/b14-8+. The number of thioether (sulfide) groups is 1. The molecule has 2 aromatic rings. The summed E-state index contributed by atoms with van der Waals surface area (Å²) in [5.41, 5.74) is 0.593. The van der Waals surface area contributed by atoms with Gasteiger partial charge in [0.25, 0.3) is 15.9 Å². The summed E-state index contributed by atoms with van der Waals surface area (Å²) in [6.45, 7) is 7.24. The van der Waals surface area contributed by atoms with Gasteiger partial charge in [0.1, 0.15) is 0 Å². The van der Waals surface area contributed by atoms with Crippen LogP contribution in [0.15, 0.2) is 88.8 Å². The largest absolute Gasteiger partial charge is 0.365 e. The Morgan fingerprint density at radius 1 is 1.19 bits per heavy atom. The predicted molar refractivity (Wildman–Crippen MR) is 110 cm³/mol. The minimum Gasteiger partial charge on any atom is -0.365 e. The summed E-state index contributed by atoms with van der Waals surface area (Å²) in [5.74, 6) is -0.385. The van der Waals surface area contributed by atoms with Gasteiger partial charge in [0.15, 0.2) is 10.5 Å². The highest BCUT2D eigenvalue weighted by Crippen LogP contribution is 2.26. The summed E-state index contributed by atoms with van der Waals surface area (Å²) in [7, 11) is -3.99. The number of rotatable bonds is 6. The van der Waals surface area contributed by atoms with Gasteiger partial charge in [-0.2, -0.15) is 8.42 Å². The molecule has 27 heavy (non-hydrogen) atoms. The van der Waals surface area contributed by atoms with Crippen molar-refractivity contribution >= 4 is 43.6 Å². The van der Waals surface area contributed by atoms with Gasteiger partial charge in [-0.05, 0) is 23.6 Å². The lowest BCUT2D eigenvalue weighted by molar-refractivity contribution is -0.119. The van der Waals surface area contributed by atoms with Crippen molar-refractivity contribution in [1.82, 2.24) is 10.6 Å². The maximum absolute atomic E-state index is 12.8. The molecule has 6 nitrogen and oxygen atoms in total. The molecule has 0 radical (unpaired) electrons. The highest BCUT2D eigenvalue weighted by Gasteiger charge is 2.32. The van der Waals surface area contributed by atoms with E-state index in [-0.39, 0.29) is 16.0 Å². The van der Waals surface area contributed by atoms with Gasteiger partial charge < -0.3 is 10.6 Å². The van der Waals surface area contributed by atoms with Gasteiger partial charge in [-0.1, -0.05) is 67.4 Å². The molecule has 0 spiro atoms. The molecule has 2 aromatic carbocycles. The summed E-state index contributed by atoms with van der Waals surface area (Å²) >= 11 is 0.991. The molecule has 1 amide bonds. The van der Waals surface area contributed by atoms with Crippen molar-refractivity contribution in [3.05, 3.63) is 79.5 Å². The minimum absolute atomic E-state index is 0.0208. The van der Waals surface area contributed by atoms with E-state index in [4.69, 9.17) is 0 Å². The van der Waals surface area contributed by atoms with Crippen molar-refractivity contribution in [1.29, 1.82) is 0 Å². The Morgan fingerprint density at radius 3 is 2.67 bits per heavy atom. The van der Waals surface area contributed by atoms with E-state index in [2.05, 4.69) is 28.2 Å². The lowest BCUT2D eigenvalue weighted by Gasteiger charge is -2.10. The molecule has 0 aliphatic carbocycles. The zero-order chi connectivity index (χ0) is 19.4. The lowest BCUT2D eigenvalue weighted by atomic mass is 10.1. The van der Waals surface area contributed by atoms with Crippen molar-refractivity contribution in [2.75, 3.05) is 0 Å². The molecule has 1 aliphatic heterocycles. The summed E-state index contributed by atoms with van der Waals surface area (Å²) in [5, 5.41) is 6.13. The fourth-order valence-electron chi connectivity index (χ4n) is 2.54. The summed E-state index contributed by atoms with van der Waals surface area (Å²) < 4.78 is 29.4. The number of fused-ring (bicyclic) bond motifs is 1. The molecule has 1 aliphatic rings. The molecule has 0 aromatic heterocycles. The molecular weight excluding hydrogens is 382 g/mol. The number of nitrogens with one attached hydrogen (secondary N) is 2. The number of allylic oxidation sites excluding steroid dienone is 3. The summed E-state index contributed by atoms with van der Waals surface area (Å²) in [6.07, 6.45) is 4.75. The number of hydrogen-bond donors (Lipinski definition) is 2. The van der Waals surface area contributed by atoms with E-state index in [1.54, 1.807) is 30.4 Å². The quantitative estimate of drug-likeness (QED) is 0.730. The zero-order valence-electron chi connectivity index (χ0n) is 14.3. The molecule has 1 fully saturated rings. The molecule has 8 heteroatoms. The second kappa shape index (κ2) is 7.81. The Morgan fingerprint density at radius 2 is 1.93 bits per heavy atom. The lowest BCUT2D eigenvalue weighted by Crippen LogP contribution is -2.34. The van der Waals surface area contributed by atoms with Gasteiger partial charge in [0, 0.05) is 11.1 Å². The van der Waals surface area contributed by atoms with Crippen LogP contribution in [0.5, 0.6) is 0 Å². The van der Waals surface area contributed by atoms with E-state index in [0.29, 0.717) is 11.1 Å². The second-order valence-corrected chi connectivity index (χ2v) is 8.21. The first-order valence-corrected chi connectivity index (χ1v) is 10.3. The molecule has 3 rings (SSSR count). The van der Waals surface area contributed by atoms with Crippen LogP contribution in [0.25, 0.3) is 10.8 Å². The van der Waals surface area contributed by atoms with E-state index >= 15 is 0 Å². The van der Waals surface area contributed by atoms with Crippen LogP contribution in [0.2, 0.25) is 0 Å². The number of nitrogens with zero attached hydrogens (tertiary/aromatic N) is 1. The van der Waals surface area contributed by atoms with Crippen LogP contribution in [0.4, 0.5) is 0 Å². The van der Waals surface area contributed by atoms with Crippen molar-refractivity contribution in [2.24, 2.45) is 4.40 Å². The number of hydrogen-bond acceptors (Lipinski definition) is 5. The third kappa shape index (κ3) is 4.12. The summed E-state index contributed by atoms with van der Waals surface area (Å²) in [4.78, 5) is 12.2. The fraction of sp³-hybridized carbons (Fsp3) is 0.0526. The van der Waals surface area contributed by atoms with E-state index < -0.39 is 15.4 Å². The number of sulfonamides is 1. The number of benzene rings is 2. The molecular formula is C19H17N3O3S2. The van der Waals surface area contributed by atoms with Crippen LogP contribution in [-0.2, 0) is 14.8 Å². The highest BCUT2D eigenvalue weighted by molar-refractivity contribution is 8.16. The minimum atomic E-state index is -3.99. The maximum Gasteiger partial charge on any atom is 0.285 e. The van der Waals surface area contributed by atoms with Gasteiger partial charge in [0.05, 0.1) is 4.90 Å². The highest BCUT2D eigenvalue weighted by atomic mass is 32.2. The molecule has 1 atom stereocenters. The van der Waals surface area contributed by atoms with Crippen LogP contribution >= 0.6 is 11.8 Å². The van der Waals surface area contributed by atoms with Crippen LogP contribution < -0.4 is 10.6 Å². The average Bonchev–Trinajstić information content (AvgIpc) is 2.98. The Balaban J connectivity index is 1.90. The first-order valence-electron chi connectivity index (χ1n) is 7.96. The van der Waals surface area contributed by atoms with E-state index in [0.717, 1.165) is 17.1 Å². The van der Waals surface area contributed by atoms with Gasteiger partial charge in [-0.15, -0.1) is 4.40 Å². The number of carbonyl (C=O) groups is 1. The SMILES string of the molecule is C=C/C=C(\C=C)NC1S/C(=N/S(=O)(=O)c2cccc3ccccc23)NC1=O. The van der Waals surface area contributed by atoms with Crippen LogP contribution in [-0.4, -0.2) is 24.9 Å². The third-order valence-electron chi connectivity index (χ3n) is 3.74. The second-order valence-electron chi connectivity index (χ2n) is 5.54. The zero-order valence-corrected chi connectivity index (χ0v) is 15.9. The van der Waals surface area contributed by atoms with E-state index in [9.17, 15) is 13.2 Å². The summed E-state index contributed by atoms with van der Waals surface area (Å²) in [6, 6.07) is 12.2. The van der Waals surface area contributed by atoms with E-state index in [1.807, 2.05) is 18.2 Å². The molecule has 138 valence electrons. The first kappa shape index (κ1) is 18.9. The molecule has 0 bridgehead atoms. The Labute approximate surface area is 161 Å². The fourth-order valence-corrected chi connectivity index (χ4v) is 4.82. The molecule has 2 N–H and O–H groups in total. The van der Waals surface area contributed by atoms with Crippen molar-refractivity contribution in [3.8, 4) is 0 Å². The van der Waals surface area contributed by atoms with Crippen molar-refractivity contribution in [3.63, 3.8) is 0 Å². The average molecular weight is 399 g/mol. The Kier molecular flexibility index (Phi) is 5.48. The topological polar surface area (TPSA) is 87.6 Å². The monoisotopic (exact) mass is 399 g/mol. The maximum atomic E-state index is 12.8. The van der Waals surface area contributed by atoms with Gasteiger partial charge in [0.2, 0.25) is 0 Å². The van der Waals surface area contributed by atoms with Gasteiger partial charge in [-0.3, -0.25) is 4.79 Å². The third-order valence-corrected chi connectivity index (χ3v) is 6.18. The Bertz CT molecular complexity index is 1080. The predicted octanol–water partition coefficient (Wildman–Crippen LogP) is 2.92. The van der Waals surface area contributed by atoms with Crippen LogP contribution in [0, 0.1) is 0 Å². The van der Waals surface area contributed by atoms with Crippen molar-refractivity contribution in [2.45, 2.75) is 10.3 Å². The molecule has 1 heterocycles. The number of amides is 1. The van der Waals surface area contributed by atoms with Gasteiger partial charge >= 0.3 is 0 Å². The number of amidine groups is 1.